The van der Waals surface area contributed by atoms with Crippen LogP contribution in [0.4, 0.5) is 0 Å². The van der Waals surface area contributed by atoms with Crippen molar-refractivity contribution in [1.29, 1.82) is 0 Å². The number of imide groups is 1. The molecule has 32 heavy (non-hydrogen) atoms. The lowest BCUT2D eigenvalue weighted by molar-refractivity contribution is -0.140. The molecule has 7 heteroatoms. The van der Waals surface area contributed by atoms with Gasteiger partial charge in [-0.15, -0.1) is 0 Å². The van der Waals surface area contributed by atoms with E-state index in [1.165, 1.54) is 4.90 Å². The van der Waals surface area contributed by atoms with E-state index >= 15 is 0 Å². The summed E-state index contributed by atoms with van der Waals surface area (Å²) in [4.78, 5) is 27.1. The predicted molar refractivity (Wildman–Crippen MR) is 120 cm³/mol. The van der Waals surface area contributed by atoms with Crippen molar-refractivity contribution in [1.82, 2.24) is 4.90 Å². The summed E-state index contributed by atoms with van der Waals surface area (Å²) in [5, 5.41) is 30.4. The summed E-state index contributed by atoms with van der Waals surface area (Å²) >= 11 is 0. The minimum Gasteiger partial charge on any atom is -0.459 e. The molecule has 4 atom stereocenters. The topological polar surface area (TPSA) is 111 Å². The number of carbonyl (C=O) groups is 2. The zero-order chi connectivity index (χ0) is 23.4. The van der Waals surface area contributed by atoms with E-state index in [0.717, 1.165) is 17.6 Å². The minimum atomic E-state index is -0.796. The highest BCUT2D eigenvalue weighted by atomic mass is 16.4. The molecule has 1 saturated heterocycles. The van der Waals surface area contributed by atoms with E-state index in [2.05, 4.69) is 0 Å². The molecular formula is C25H35NO6. The molecule has 3 N–H and O–H groups in total. The van der Waals surface area contributed by atoms with Crippen LogP contribution in [0.3, 0.4) is 0 Å². The SMILES string of the molecule is CCCN1C(=O)[C@@H]2[C@@H](CC(C)=C([C@H](O)CC/C(=C/c3ccc(CO)o3)CC)[C@@H]2CO)C1=O. The van der Waals surface area contributed by atoms with Gasteiger partial charge in [0.15, 0.2) is 0 Å². The number of rotatable bonds is 10. The second kappa shape index (κ2) is 10.6. The van der Waals surface area contributed by atoms with Gasteiger partial charge in [-0.2, -0.15) is 0 Å². The van der Waals surface area contributed by atoms with Crippen LogP contribution in [-0.2, 0) is 16.2 Å². The maximum atomic E-state index is 13.0. The van der Waals surface area contributed by atoms with Crippen LogP contribution in [0.2, 0.25) is 0 Å². The minimum absolute atomic E-state index is 0.148. The second-order valence-corrected chi connectivity index (χ2v) is 8.86. The van der Waals surface area contributed by atoms with Crippen LogP contribution in [-0.4, -0.2) is 51.3 Å². The van der Waals surface area contributed by atoms with E-state index in [-0.39, 0.29) is 25.0 Å². The Hall–Kier alpha value is -2.22. The number of fused-ring (bicyclic) bond motifs is 1. The molecule has 3 rings (SSSR count). The molecule has 0 radical (unpaired) electrons. The van der Waals surface area contributed by atoms with E-state index in [1.54, 1.807) is 12.1 Å². The molecule has 1 fully saturated rings. The Morgan fingerprint density at radius 3 is 2.59 bits per heavy atom. The molecule has 2 amide bonds. The molecule has 0 saturated carbocycles. The number of aliphatic hydroxyl groups is 3. The smallest absolute Gasteiger partial charge is 0.233 e. The monoisotopic (exact) mass is 445 g/mol. The summed E-state index contributed by atoms with van der Waals surface area (Å²) < 4.78 is 5.53. The van der Waals surface area contributed by atoms with Crippen molar-refractivity contribution in [3.8, 4) is 0 Å². The van der Waals surface area contributed by atoms with Crippen molar-refractivity contribution in [2.24, 2.45) is 17.8 Å². The number of hydrogen-bond donors (Lipinski definition) is 3. The van der Waals surface area contributed by atoms with Crippen LogP contribution in [0.5, 0.6) is 0 Å². The first kappa shape index (κ1) is 24.4. The first-order chi connectivity index (χ1) is 15.4. The molecule has 1 aromatic heterocycles. The van der Waals surface area contributed by atoms with E-state index in [4.69, 9.17) is 9.52 Å². The number of amides is 2. The third-order valence-electron chi connectivity index (χ3n) is 6.80. The molecule has 7 nitrogen and oxygen atoms in total. The van der Waals surface area contributed by atoms with Crippen molar-refractivity contribution in [2.75, 3.05) is 13.2 Å². The quantitative estimate of drug-likeness (QED) is 0.377. The Morgan fingerprint density at radius 1 is 1.25 bits per heavy atom. The summed E-state index contributed by atoms with van der Waals surface area (Å²) in [5.41, 5.74) is 2.71. The average molecular weight is 446 g/mol. The van der Waals surface area contributed by atoms with Gasteiger partial charge in [0, 0.05) is 12.5 Å². The maximum Gasteiger partial charge on any atom is 0.233 e. The fourth-order valence-corrected chi connectivity index (χ4v) is 5.21. The van der Waals surface area contributed by atoms with Crippen LogP contribution in [0.25, 0.3) is 6.08 Å². The van der Waals surface area contributed by atoms with Crippen LogP contribution < -0.4 is 0 Å². The standard InChI is InChI=1S/C25H35NO6/c1-4-10-26-24(30)19-11-15(3)22(20(14-28)23(19)25(26)31)21(29)9-6-16(5-2)12-17-7-8-18(13-27)32-17/h7-8,12,19-21,23,27-29H,4-6,9-11,13-14H2,1-3H3/b16-12+/t19-,20+,21-,23-/m1/s1. The zero-order valence-electron chi connectivity index (χ0n) is 19.2. The van der Waals surface area contributed by atoms with E-state index in [1.807, 2.05) is 26.8 Å². The maximum absolute atomic E-state index is 13.0. The van der Waals surface area contributed by atoms with Gasteiger partial charge in [0.2, 0.25) is 11.8 Å². The molecule has 0 bridgehead atoms. The summed E-state index contributed by atoms with van der Waals surface area (Å²) in [6.07, 6.45) is 4.15. The number of carbonyl (C=O) groups excluding carboxylic acids is 2. The number of allylic oxidation sites excluding steroid dienone is 2. The second-order valence-electron chi connectivity index (χ2n) is 8.86. The Morgan fingerprint density at radius 2 is 2.00 bits per heavy atom. The van der Waals surface area contributed by atoms with Gasteiger partial charge in [-0.25, -0.2) is 0 Å². The fourth-order valence-electron chi connectivity index (χ4n) is 5.21. The fraction of sp³-hybridized carbons (Fsp3) is 0.600. The van der Waals surface area contributed by atoms with E-state index in [9.17, 15) is 19.8 Å². The first-order valence-electron chi connectivity index (χ1n) is 11.6. The molecule has 176 valence electrons. The van der Waals surface area contributed by atoms with Crippen LogP contribution in [0, 0.1) is 17.8 Å². The lowest BCUT2D eigenvalue weighted by atomic mass is 9.68. The number of aliphatic hydroxyl groups excluding tert-OH is 3. The Balaban J connectivity index is 1.76. The van der Waals surface area contributed by atoms with Gasteiger partial charge >= 0.3 is 0 Å². The third kappa shape index (κ3) is 4.75. The third-order valence-corrected chi connectivity index (χ3v) is 6.80. The normalized spacial score (nSPS) is 25.0. The van der Waals surface area contributed by atoms with Crippen molar-refractivity contribution in [3.05, 3.63) is 40.4 Å². The zero-order valence-corrected chi connectivity index (χ0v) is 19.2. The lowest BCUT2D eigenvalue weighted by Crippen LogP contribution is -2.38. The van der Waals surface area contributed by atoms with Crippen molar-refractivity contribution < 1.29 is 29.3 Å². The van der Waals surface area contributed by atoms with Gasteiger partial charge in [-0.3, -0.25) is 14.5 Å². The van der Waals surface area contributed by atoms with Gasteiger partial charge in [0.1, 0.15) is 18.1 Å². The van der Waals surface area contributed by atoms with Gasteiger partial charge < -0.3 is 19.7 Å². The number of nitrogens with zero attached hydrogens (tertiary/aromatic N) is 1. The van der Waals surface area contributed by atoms with Gasteiger partial charge in [0.05, 0.1) is 24.5 Å². The Bertz CT molecular complexity index is 898. The van der Waals surface area contributed by atoms with E-state index < -0.39 is 23.9 Å². The molecule has 2 aliphatic rings. The summed E-state index contributed by atoms with van der Waals surface area (Å²) in [6.45, 7) is 5.84. The highest BCUT2D eigenvalue weighted by molar-refractivity contribution is 6.05. The molecule has 0 aromatic carbocycles. The highest BCUT2D eigenvalue weighted by Crippen LogP contribution is 2.46. The summed E-state index contributed by atoms with van der Waals surface area (Å²) in [7, 11) is 0. The molecular weight excluding hydrogens is 410 g/mol. The molecule has 0 unspecified atom stereocenters. The lowest BCUT2D eigenvalue weighted by Gasteiger charge is -2.35. The largest absolute Gasteiger partial charge is 0.459 e. The Kier molecular flexibility index (Phi) is 8.09. The van der Waals surface area contributed by atoms with Gasteiger partial charge in [0.25, 0.3) is 0 Å². The van der Waals surface area contributed by atoms with E-state index in [0.29, 0.717) is 49.3 Å². The van der Waals surface area contributed by atoms with Crippen LogP contribution >= 0.6 is 0 Å². The molecule has 0 spiro atoms. The Labute approximate surface area is 189 Å². The van der Waals surface area contributed by atoms with Crippen molar-refractivity contribution in [3.63, 3.8) is 0 Å². The van der Waals surface area contributed by atoms with Crippen LogP contribution in [0.1, 0.15) is 64.4 Å². The molecule has 2 heterocycles. The average Bonchev–Trinajstić information content (AvgIpc) is 3.33. The van der Waals surface area contributed by atoms with Crippen molar-refractivity contribution in [2.45, 2.75) is 65.6 Å². The highest BCUT2D eigenvalue weighted by Gasteiger charge is 2.54. The van der Waals surface area contributed by atoms with Gasteiger partial charge in [-0.05, 0) is 62.8 Å². The number of likely N-dealkylation sites (tertiary alicyclic amines) is 1. The van der Waals surface area contributed by atoms with Crippen molar-refractivity contribution >= 4 is 17.9 Å². The number of furan rings is 1. The predicted octanol–water partition coefficient (Wildman–Crippen LogP) is 3.05. The summed E-state index contributed by atoms with van der Waals surface area (Å²) in [5.74, 6) is -0.761. The molecule has 1 aliphatic carbocycles. The van der Waals surface area contributed by atoms with Crippen LogP contribution in [0.15, 0.2) is 33.3 Å². The summed E-state index contributed by atoms with van der Waals surface area (Å²) in [6, 6.07) is 3.53. The molecule has 1 aromatic rings. The van der Waals surface area contributed by atoms with Gasteiger partial charge in [-0.1, -0.05) is 25.0 Å². The number of hydrogen-bond acceptors (Lipinski definition) is 6. The first-order valence-corrected chi connectivity index (χ1v) is 11.6. The molecule has 1 aliphatic heterocycles.